The Balaban J connectivity index is 1.88. The number of rotatable bonds is 4. The number of halogens is 2. The molecule has 1 saturated heterocycles. The molecule has 1 fully saturated rings. The summed E-state index contributed by atoms with van der Waals surface area (Å²) < 4.78 is 25.7. The van der Waals surface area contributed by atoms with E-state index in [-0.39, 0.29) is 12.2 Å². The average molecular weight is 270 g/mol. The molecule has 0 amide bonds. The van der Waals surface area contributed by atoms with E-state index in [9.17, 15) is 13.6 Å². The fraction of sp³-hybridized carbons (Fsp3) is 0.500. The van der Waals surface area contributed by atoms with Crippen molar-refractivity contribution >= 4 is 17.5 Å². The smallest absolute Gasteiger partial charge is 0.159 e. The summed E-state index contributed by atoms with van der Waals surface area (Å²) in [5.41, 5.74) is 0.559. The summed E-state index contributed by atoms with van der Waals surface area (Å²) in [6, 6.07) is 3.67. The zero-order valence-electron chi connectivity index (χ0n) is 10.1. The van der Waals surface area contributed by atoms with Crippen LogP contribution in [-0.4, -0.2) is 17.3 Å². The monoisotopic (exact) mass is 270 g/mol. The van der Waals surface area contributed by atoms with Gasteiger partial charge in [-0.15, -0.1) is 0 Å². The topological polar surface area (TPSA) is 17.1 Å². The summed E-state index contributed by atoms with van der Waals surface area (Å²) in [6.45, 7) is 0. The highest BCUT2D eigenvalue weighted by molar-refractivity contribution is 7.99. The van der Waals surface area contributed by atoms with Crippen molar-refractivity contribution in [3.05, 3.63) is 35.4 Å². The van der Waals surface area contributed by atoms with Crippen molar-refractivity contribution in [3.8, 4) is 0 Å². The van der Waals surface area contributed by atoms with Gasteiger partial charge in [-0.3, -0.25) is 4.79 Å². The minimum Gasteiger partial charge on any atom is -0.299 e. The molecule has 1 aliphatic heterocycles. The zero-order valence-corrected chi connectivity index (χ0v) is 10.9. The molecule has 0 aliphatic carbocycles. The molecule has 98 valence electrons. The van der Waals surface area contributed by atoms with Crippen LogP contribution >= 0.6 is 11.8 Å². The van der Waals surface area contributed by atoms with E-state index >= 15 is 0 Å². The maximum Gasteiger partial charge on any atom is 0.159 e. The molecule has 4 heteroatoms. The molecule has 0 bridgehead atoms. The van der Waals surface area contributed by atoms with Crippen LogP contribution < -0.4 is 0 Å². The molecule has 1 aromatic carbocycles. The van der Waals surface area contributed by atoms with E-state index in [1.165, 1.54) is 6.07 Å². The summed E-state index contributed by atoms with van der Waals surface area (Å²) in [4.78, 5) is 11.9. The molecule has 1 nitrogen and oxygen atoms in total. The third-order valence-electron chi connectivity index (χ3n) is 3.24. The van der Waals surface area contributed by atoms with Crippen LogP contribution in [0.25, 0.3) is 0 Å². The van der Waals surface area contributed by atoms with Gasteiger partial charge in [0.15, 0.2) is 11.6 Å². The van der Waals surface area contributed by atoms with E-state index in [1.54, 1.807) is 0 Å². The van der Waals surface area contributed by atoms with E-state index < -0.39 is 11.6 Å². The lowest BCUT2D eigenvalue weighted by molar-refractivity contribution is -0.119. The first-order chi connectivity index (χ1) is 8.65. The first kappa shape index (κ1) is 13.5. The Morgan fingerprint density at radius 3 is 2.61 bits per heavy atom. The molecule has 18 heavy (non-hydrogen) atoms. The van der Waals surface area contributed by atoms with Gasteiger partial charge in [-0.2, -0.15) is 11.8 Å². The quantitative estimate of drug-likeness (QED) is 0.831. The van der Waals surface area contributed by atoms with Crippen molar-refractivity contribution in [1.29, 1.82) is 0 Å². The minimum atomic E-state index is -0.880. The first-order valence-electron chi connectivity index (χ1n) is 6.18. The number of carbonyl (C=O) groups excluding carboxylic acids is 1. The summed E-state index contributed by atoms with van der Waals surface area (Å²) in [6.07, 6.45) is 2.96. The summed E-state index contributed by atoms with van der Waals surface area (Å²) in [5.74, 6) is 1.11. The van der Waals surface area contributed by atoms with Gasteiger partial charge in [0.25, 0.3) is 0 Å². The van der Waals surface area contributed by atoms with Crippen molar-refractivity contribution < 1.29 is 13.6 Å². The van der Waals surface area contributed by atoms with Gasteiger partial charge >= 0.3 is 0 Å². The number of benzene rings is 1. The highest BCUT2D eigenvalue weighted by atomic mass is 32.2. The van der Waals surface area contributed by atoms with Crippen molar-refractivity contribution in [2.45, 2.75) is 25.7 Å². The SMILES string of the molecule is O=C(Cc1ccc(F)c(F)c1)CC1CCSCC1. The number of ketones is 1. The molecule has 1 aliphatic rings. The molecule has 0 atom stereocenters. The molecule has 1 aromatic rings. The van der Waals surface area contributed by atoms with Crippen molar-refractivity contribution in [2.75, 3.05) is 11.5 Å². The van der Waals surface area contributed by atoms with Crippen molar-refractivity contribution in [2.24, 2.45) is 5.92 Å². The number of Topliss-reactive ketones (excluding diaryl/α,β-unsaturated/α-hetero) is 1. The van der Waals surface area contributed by atoms with Gasteiger partial charge in [0.1, 0.15) is 5.78 Å². The third-order valence-corrected chi connectivity index (χ3v) is 4.29. The molecule has 0 saturated carbocycles. The first-order valence-corrected chi connectivity index (χ1v) is 7.34. The maximum absolute atomic E-state index is 13.0. The number of thioether (sulfide) groups is 1. The Hall–Kier alpha value is -0.900. The van der Waals surface area contributed by atoms with Crippen LogP contribution in [0.15, 0.2) is 18.2 Å². The molecule has 0 radical (unpaired) electrons. The van der Waals surface area contributed by atoms with Crippen LogP contribution in [0.2, 0.25) is 0 Å². The second kappa shape index (κ2) is 6.32. The number of hydrogen-bond acceptors (Lipinski definition) is 2. The molecular formula is C14H16F2OS. The standard InChI is InChI=1S/C14H16F2OS/c15-13-2-1-11(9-14(13)16)8-12(17)7-10-3-5-18-6-4-10/h1-2,9-10H,3-8H2. The van der Waals surface area contributed by atoms with Gasteiger partial charge in [-0.1, -0.05) is 6.07 Å². The largest absolute Gasteiger partial charge is 0.299 e. The van der Waals surface area contributed by atoms with Crippen LogP contribution in [0.4, 0.5) is 8.78 Å². The lowest BCUT2D eigenvalue weighted by Crippen LogP contribution is -2.15. The number of carbonyl (C=O) groups is 1. The molecular weight excluding hydrogens is 254 g/mol. The lowest BCUT2D eigenvalue weighted by atomic mass is 9.94. The normalized spacial score (nSPS) is 16.8. The molecule has 0 unspecified atom stereocenters. The van der Waals surface area contributed by atoms with E-state index in [4.69, 9.17) is 0 Å². The summed E-state index contributed by atoms with van der Waals surface area (Å²) in [5, 5.41) is 0. The Morgan fingerprint density at radius 2 is 1.94 bits per heavy atom. The predicted molar refractivity (Wildman–Crippen MR) is 69.7 cm³/mol. The van der Waals surface area contributed by atoms with E-state index in [1.807, 2.05) is 11.8 Å². The van der Waals surface area contributed by atoms with Crippen LogP contribution in [0.1, 0.15) is 24.8 Å². The van der Waals surface area contributed by atoms with Crippen LogP contribution in [-0.2, 0) is 11.2 Å². The molecule has 0 spiro atoms. The minimum absolute atomic E-state index is 0.123. The third kappa shape index (κ3) is 3.80. The summed E-state index contributed by atoms with van der Waals surface area (Å²) in [7, 11) is 0. The predicted octanol–water partition coefficient (Wildman–Crippen LogP) is 3.61. The summed E-state index contributed by atoms with van der Waals surface area (Å²) >= 11 is 1.93. The Morgan fingerprint density at radius 1 is 1.22 bits per heavy atom. The number of hydrogen-bond donors (Lipinski definition) is 0. The maximum atomic E-state index is 13.0. The van der Waals surface area contributed by atoms with Crippen molar-refractivity contribution in [3.63, 3.8) is 0 Å². The fourth-order valence-corrected chi connectivity index (χ4v) is 3.43. The molecule has 2 rings (SSSR count). The highest BCUT2D eigenvalue weighted by Gasteiger charge is 2.17. The van der Waals surface area contributed by atoms with Gasteiger partial charge in [-0.05, 0) is 48.0 Å². The van der Waals surface area contributed by atoms with E-state index in [2.05, 4.69) is 0 Å². The van der Waals surface area contributed by atoms with Gasteiger partial charge < -0.3 is 0 Å². The van der Waals surface area contributed by atoms with Crippen LogP contribution in [0.3, 0.4) is 0 Å². The second-order valence-corrected chi connectivity index (χ2v) is 5.95. The average Bonchev–Trinajstić information content (AvgIpc) is 2.35. The van der Waals surface area contributed by atoms with E-state index in [0.29, 0.717) is 17.9 Å². The zero-order chi connectivity index (χ0) is 13.0. The van der Waals surface area contributed by atoms with Crippen LogP contribution in [0.5, 0.6) is 0 Å². The Kier molecular flexibility index (Phi) is 4.75. The van der Waals surface area contributed by atoms with E-state index in [0.717, 1.165) is 36.5 Å². The second-order valence-electron chi connectivity index (χ2n) is 4.72. The lowest BCUT2D eigenvalue weighted by Gasteiger charge is -2.20. The Bertz CT molecular complexity index is 428. The Labute approximate surface area is 110 Å². The fourth-order valence-electron chi connectivity index (χ4n) is 2.22. The molecule has 1 heterocycles. The van der Waals surface area contributed by atoms with Gasteiger partial charge in [0.05, 0.1) is 0 Å². The molecule has 0 aromatic heterocycles. The van der Waals surface area contributed by atoms with Crippen molar-refractivity contribution in [1.82, 2.24) is 0 Å². The van der Waals surface area contributed by atoms with Gasteiger partial charge in [-0.25, -0.2) is 8.78 Å². The van der Waals surface area contributed by atoms with Gasteiger partial charge in [0, 0.05) is 12.8 Å². The highest BCUT2D eigenvalue weighted by Crippen LogP contribution is 2.25. The van der Waals surface area contributed by atoms with Crippen LogP contribution in [0, 0.1) is 17.6 Å². The van der Waals surface area contributed by atoms with Gasteiger partial charge in [0.2, 0.25) is 0 Å². The molecule has 0 N–H and O–H groups in total.